The summed E-state index contributed by atoms with van der Waals surface area (Å²) in [6, 6.07) is 7.19. The molecule has 0 radical (unpaired) electrons. The molecule has 26 heavy (non-hydrogen) atoms. The first-order valence-electron chi connectivity index (χ1n) is 9.19. The van der Waals surface area contributed by atoms with Gasteiger partial charge in [0.05, 0.1) is 4.90 Å². The van der Waals surface area contributed by atoms with Gasteiger partial charge in [-0.15, -0.1) is 4.83 Å². The molecule has 0 spiro atoms. The van der Waals surface area contributed by atoms with E-state index >= 15 is 0 Å². The molecule has 3 N–H and O–H groups in total. The first-order chi connectivity index (χ1) is 12.0. The predicted molar refractivity (Wildman–Crippen MR) is 110 cm³/mol. The fourth-order valence-electron chi connectivity index (χ4n) is 3.30. The van der Waals surface area contributed by atoms with Crippen molar-refractivity contribution in [3.63, 3.8) is 0 Å². The van der Waals surface area contributed by atoms with Crippen molar-refractivity contribution >= 4 is 27.4 Å². The van der Waals surface area contributed by atoms with Gasteiger partial charge in [0, 0.05) is 6.04 Å². The Kier molecular flexibility index (Phi) is 6.69. The molecule has 146 valence electrons. The molecule has 1 aromatic carbocycles. The highest BCUT2D eigenvalue weighted by atomic mass is 32.2. The lowest BCUT2D eigenvalue weighted by Gasteiger charge is -2.35. The monoisotopic (exact) mass is 397 g/mol. The summed E-state index contributed by atoms with van der Waals surface area (Å²) in [6.07, 6.45) is 3.45. The molecule has 0 bridgehead atoms. The zero-order chi connectivity index (χ0) is 19.5. The number of hydrogen-bond acceptors (Lipinski definition) is 3. The molecule has 0 aromatic heterocycles. The lowest BCUT2D eigenvalue weighted by atomic mass is 9.78. The Morgan fingerprint density at radius 2 is 1.73 bits per heavy atom. The maximum Gasteiger partial charge on any atom is 0.257 e. The Balaban J connectivity index is 1.94. The number of sulfonamides is 1. The van der Waals surface area contributed by atoms with Crippen LogP contribution in [0.3, 0.4) is 0 Å². The van der Waals surface area contributed by atoms with Crippen molar-refractivity contribution < 1.29 is 8.42 Å². The molecule has 2 rings (SSSR count). The smallest absolute Gasteiger partial charge is 0.257 e. The quantitative estimate of drug-likeness (QED) is 0.536. The largest absolute Gasteiger partial charge is 0.359 e. The molecule has 3 atom stereocenters. The molecule has 1 saturated carbocycles. The van der Waals surface area contributed by atoms with Crippen LogP contribution in [0.4, 0.5) is 0 Å². The molecule has 7 heteroatoms. The lowest BCUT2D eigenvalue weighted by Crippen LogP contribution is -2.52. The highest BCUT2D eigenvalue weighted by Gasteiger charge is 2.27. The Hall–Kier alpha value is -1.18. The fourth-order valence-corrected chi connectivity index (χ4v) is 4.41. The van der Waals surface area contributed by atoms with Gasteiger partial charge in [0.2, 0.25) is 0 Å². The van der Waals surface area contributed by atoms with E-state index < -0.39 is 10.0 Å². The first kappa shape index (κ1) is 21.1. The third-order valence-corrected chi connectivity index (χ3v) is 6.84. The number of benzene rings is 1. The Labute approximate surface area is 163 Å². The zero-order valence-electron chi connectivity index (χ0n) is 16.3. The van der Waals surface area contributed by atoms with E-state index in [9.17, 15) is 8.42 Å². The van der Waals surface area contributed by atoms with E-state index in [-0.39, 0.29) is 16.4 Å². The SMILES string of the molecule is C[C@H]1[C@H](C)CCC[C@@H]1NC(=S)NNS(=O)(=O)c1ccc(C(C)(C)C)cc1. The Bertz CT molecular complexity index is 724. The molecule has 0 saturated heterocycles. The third kappa shape index (κ3) is 5.41. The number of hydrazine groups is 1. The van der Waals surface area contributed by atoms with Crippen molar-refractivity contribution in [2.24, 2.45) is 11.8 Å². The second-order valence-corrected chi connectivity index (χ2v) is 10.4. The van der Waals surface area contributed by atoms with Crippen LogP contribution in [0.15, 0.2) is 29.2 Å². The number of nitrogens with one attached hydrogen (secondary N) is 3. The van der Waals surface area contributed by atoms with Gasteiger partial charge in [-0.1, -0.05) is 59.6 Å². The number of thiocarbonyl (C=S) groups is 1. The molecule has 0 heterocycles. The maximum absolute atomic E-state index is 12.4. The molecule has 1 aliphatic rings. The summed E-state index contributed by atoms with van der Waals surface area (Å²) >= 11 is 5.26. The van der Waals surface area contributed by atoms with Crippen LogP contribution in [-0.4, -0.2) is 19.6 Å². The number of rotatable bonds is 4. The van der Waals surface area contributed by atoms with Crippen LogP contribution < -0.4 is 15.6 Å². The van der Waals surface area contributed by atoms with Gasteiger partial charge in [0.15, 0.2) is 5.11 Å². The van der Waals surface area contributed by atoms with Crippen LogP contribution in [-0.2, 0) is 15.4 Å². The van der Waals surface area contributed by atoms with Crippen molar-refractivity contribution in [1.82, 2.24) is 15.6 Å². The Morgan fingerprint density at radius 1 is 1.12 bits per heavy atom. The second kappa shape index (κ2) is 8.23. The molecule has 1 aliphatic carbocycles. The third-order valence-electron chi connectivity index (χ3n) is 5.35. The summed E-state index contributed by atoms with van der Waals surface area (Å²) in [7, 11) is -3.67. The predicted octanol–water partition coefficient (Wildman–Crippen LogP) is 3.47. The van der Waals surface area contributed by atoms with Gasteiger partial charge >= 0.3 is 0 Å². The van der Waals surface area contributed by atoms with Crippen molar-refractivity contribution in [2.75, 3.05) is 0 Å². The van der Waals surface area contributed by atoms with E-state index in [1.807, 2.05) is 12.1 Å². The van der Waals surface area contributed by atoms with E-state index in [1.165, 1.54) is 6.42 Å². The van der Waals surface area contributed by atoms with E-state index in [4.69, 9.17) is 12.2 Å². The molecule has 5 nitrogen and oxygen atoms in total. The topological polar surface area (TPSA) is 70.2 Å². The van der Waals surface area contributed by atoms with Crippen molar-refractivity contribution in [1.29, 1.82) is 0 Å². The second-order valence-electron chi connectivity index (χ2n) is 8.35. The van der Waals surface area contributed by atoms with Gasteiger partial charge < -0.3 is 5.32 Å². The van der Waals surface area contributed by atoms with Gasteiger partial charge in [-0.05, 0) is 53.6 Å². The van der Waals surface area contributed by atoms with Crippen LogP contribution in [0.1, 0.15) is 59.4 Å². The molecular formula is C19H31N3O2S2. The van der Waals surface area contributed by atoms with Gasteiger partial charge in [-0.3, -0.25) is 5.43 Å². The van der Waals surface area contributed by atoms with Crippen molar-refractivity contribution in [3.05, 3.63) is 29.8 Å². The molecule has 1 fully saturated rings. The molecule has 0 unspecified atom stereocenters. The number of hydrogen-bond donors (Lipinski definition) is 3. The normalized spacial score (nSPS) is 24.1. The minimum Gasteiger partial charge on any atom is -0.359 e. The van der Waals surface area contributed by atoms with E-state index in [2.05, 4.69) is 50.2 Å². The van der Waals surface area contributed by atoms with E-state index in [1.54, 1.807) is 12.1 Å². The van der Waals surface area contributed by atoms with Gasteiger partial charge in [0.1, 0.15) is 0 Å². The summed E-state index contributed by atoms with van der Waals surface area (Å²) < 4.78 is 24.9. The van der Waals surface area contributed by atoms with Gasteiger partial charge in [-0.2, -0.15) is 0 Å². The van der Waals surface area contributed by atoms with Crippen LogP contribution in [0.2, 0.25) is 0 Å². The van der Waals surface area contributed by atoms with Crippen LogP contribution in [0, 0.1) is 11.8 Å². The summed E-state index contributed by atoms with van der Waals surface area (Å²) in [5.41, 5.74) is 3.70. The highest BCUT2D eigenvalue weighted by Crippen LogP contribution is 2.29. The summed E-state index contributed by atoms with van der Waals surface area (Å²) in [6.45, 7) is 10.7. The molecule has 0 aliphatic heterocycles. The zero-order valence-corrected chi connectivity index (χ0v) is 17.9. The van der Waals surface area contributed by atoms with E-state index in [0.717, 1.165) is 18.4 Å². The molecule has 1 aromatic rings. The summed E-state index contributed by atoms with van der Waals surface area (Å²) in [5.74, 6) is 1.15. The van der Waals surface area contributed by atoms with Crippen LogP contribution in [0.5, 0.6) is 0 Å². The minimum atomic E-state index is -3.67. The average Bonchev–Trinajstić information content (AvgIpc) is 2.57. The van der Waals surface area contributed by atoms with E-state index in [0.29, 0.717) is 16.9 Å². The van der Waals surface area contributed by atoms with Gasteiger partial charge in [-0.25, -0.2) is 8.42 Å². The minimum absolute atomic E-state index is 0.0206. The molecular weight excluding hydrogens is 366 g/mol. The highest BCUT2D eigenvalue weighted by molar-refractivity contribution is 7.89. The summed E-state index contributed by atoms with van der Waals surface area (Å²) in [4.78, 5) is 2.58. The maximum atomic E-state index is 12.4. The van der Waals surface area contributed by atoms with Crippen LogP contribution in [0.25, 0.3) is 0 Å². The van der Waals surface area contributed by atoms with Crippen molar-refractivity contribution in [2.45, 2.75) is 70.2 Å². The van der Waals surface area contributed by atoms with Crippen molar-refractivity contribution in [3.8, 4) is 0 Å². The lowest BCUT2D eigenvalue weighted by molar-refractivity contribution is 0.224. The van der Waals surface area contributed by atoms with Gasteiger partial charge in [0.25, 0.3) is 10.0 Å². The fraction of sp³-hybridized carbons (Fsp3) is 0.632. The first-order valence-corrected chi connectivity index (χ1v) is 11.1. The Morgan fingerprint density at radius 3 is 2.31 bits per heavy atom. The summed E-state index contributed by atoms with van der Waals surface area (Å²) in [5, 5.41) is 3.56. The van der Waals surface area contributed by atoms with Crippen LogP contribution >= 0.6 is 12.2 Å². The average molecular weight is 398 g/mol. The molecule has 0 amide bonds. The standard InChI is InChI=1S/C19H31N3O2S2/c1-13-7-6-8-17(14(13)2)20-18(25)21-22-26(23,24)16-11-9-15(10-12-16)19(3,4)5/h9-14,17,22H,6-8H2,1-5H3,(H2,20,21,25)/t13-,14+,17+/m1/s1.